The molecule has 0 aliphatic rings. The van der Waals surface area contributed by atoms with Crippen molar-refractivity contribution in [2.24, 2.45) is 0 Å². The van der Waals surface area contributed by atoms with E-state index in [1.54, 1.807) is 12.4 Å². The van der Waals surface area contributed by atoms with Gasteiger partial charge in [-0.15, -0.1) is 0 Å². The first-order chi connectivity index (χ1) is 8.66. The Morgan fingerprint density at radius 2 is 2.22 bits per heavy atom. The van der Waals surface area contributed by atoms with Gasteiger partial charge in [0.05, 0.1) is 11.8 Å². The highest BCUT2D eigenvalue weighted by Crippen LogP contribution is 2.21. The number of rotatable bonds is 4. The smallest absolute Gasteiger partial charge is 0.250 e. The van der Waals surface area contributed by atoms with Gasteiger partial charge in [-0.25, -0.2) is 0 Å². The molecule has 4 nitrogen and oxygen atoms in total. The third kappa shape index (κ3) is 3.05. The summed E-state index contributed by atoms with van der Waals surface area (Å²) in [4.78, 5) is 15.8. The molecule has 1 N–H and O–H groups in total. The molecule has 0 bridgehead atoms. The summed E-state index contributed by atoms with van der Waals surface area (Å²) in [6.07, 6.45) is 3.52. The second-order valence-corrected chi connectivity index (χ2v) is 4.31. The summed E-state index contributed by atoms with van der Waals surface area (Å²) in [5.74, 6) is -0.153. The predicted molar refractivity (Wildman–Crippen MR) is 71.5 cm³/mol. The van der Waals surface area contributed by atoms with Crippen molar-refractivity contribution in [2.75, 3.05) is 11.9 Å². The summed E-state index contributed by atoms with van der Waals surface area (Å²) >= 11 is 0. The van der Waals surface area contributed by atoms with E-state index in [1.165, 1.54) is 0 Å². The molecule has 4 heteroatoms. The number of benzene rings is 1. The van der Waals surface area contributed by atoms with E-state index in [1.807, 2.05) is 38.1 Å². The van der Waals surface area contributed by atoms with Gasteiger partial charge >= 0.3 is 0 Å². The maximum absolute atomic E-state index is 11.7. The molecule has 0 saturated heterocycles. The molecular formula is C14H16N2O2. The van der Waals surface area contributed by atoms with Gasteiger partial charge in [-0.1, -0.05) is 12.1 Å². The molecule has 1 aromatic heterocycles. The topological polar surface area (TPSA) is 51.2 Å². The largest absolute Gasteiger partial charge is 0.369 e. The van der Waals surface area contributed by atoms with Crippen molar-refractivity contribution in [3.05, 3.63) is 36.7 Å². The molecule has 0 saturated carbocycles. The first-order valence-corrected chi connectivity index (χ1v) is 5.91. The fourth-order valence-electron chi connectivity index (χ4n) is 1.65. The third-order valence-corrected chi connectivity index (χ3v) is 2.51. The van der Waals surface area contributed by atoms with Crippen LogP contribution in [0.5, 0.6) is 0 Å². The Labute approximate surface area is 106 Å². The molecule has 0 radical (unpaired) electrons. The normalized spacial score (nSPS) is 10.8. The number of anilines is 1. The molecule has 0 spiro atoms. The number of pyridine rings is 1. The summed E-state index contributed by atoms with van der Waals surface area (Å²) in [5, 5.41) is 4.81. The number of hydrogen-bond donors (Lipinski definition) is 1. The number of nitrogens with zero attached hydrogens (tertiary/aromatic N) is 1. The van der Waals surface area contributed by atoms with E-state index < -0.39 is 0 Å². The van der Waals surface area contributed by atoms with Crippen LogP contribution in [0.3, 0.4) is 0 Å². The minimum atomic E-state index is -0.153. The lowest BCUT2D eigenvalue weighted by molar-refractivity contribution is -0.121. The first kappa shape index (κ1) is 12.5. The quantitative estimate of drug-likeness (QED) is 0.899. The molecule has 1 amide bonds. The van der Waals surface area contributed by atoms with Crippen LogP contribution < -0.4 is 5.32 Å². The van der Waals surface area contributed by atoms with E-state index in [-0.39, 0.29) is 18.6 Å². The van der Waals surface area contributed by atoms with Gasteiger partial charge in [0.15, 0.2) is 0 Å². The summed E-state index contributed by atoms with van der Waals surface area (Å²) in [5.41, 5.74) is 0.762. The molecule has 0 aliphatic heterocycles. The van der Waals surface area contributed by atoms with Gasteiger partial charge in [-0.3, -0.25) is 9.78 Å². The lowest BCUT2D eigenvalue weighted by Gasteiger charge is -2.10. The average molecular weight is 244 g/mol. The number of fused-ring (bicyclic) bond motifs is 1. The summed E-state index contributed by atoms with van der Waals surface area (Å²) < 4.78 is 5.26. The fraction of sp³-hybridized carbons (Fsp3) is 0.286. The number of hydrogen-bond acceptors (Lipinski definition) is 3. The van der Waals surface area contributed by atoms with Crippen LogP contribution in [0.25, 0.3) is 10.8 Å². The number of carbonyl (C=O) groups excluding carboxylic acids is 1. The Bertz CT molecular complexity index is 547. The maximum Gasteiger partial charge on any atom is 0.250 e. The van der Waals surface area contributed by atoms with Crippen molar-refractivity contribution in [1.82, 2.24) is 4.98 Å². The number of aromatic nitrogens is 1. The van der Waals surface area contributed by atoms with E-state index in [4.69, 9.17) is 4.74 Å². The van der Waals surface area contributed by atoms with Crippen molar-refractivity contribution < 1.29 is 9.53 Å². The highest BCUT2D eigenvalue weighted by molar-refractivity contribution is 6.02. The maximum atomic E-state index is 11.7. The second-order valence-electron chi connectivity index (χ2n) is 4.31. The fourth-order valence-corrected chi connectivity index (χ4v) is 1.65. The predicted octanol–water partition coefficient (Wildman–Crippen LogP) is 2.60. The van der Waals surface area contributed by atoms with Crippen LogP contribution in [0.4, 0.5) is 5.69 Å². The van der Waals surface area contributed by atoms with Crippen LogP contribution in [-0.4, -0.2) is 23.6 Å². The summed E-state index contributed by atoms with van der Waals surface area (Å²) in [6.45, 7) is 3.86. The van der Waals surface area contributed by atoms with Crippen molar-refractivity contribution in [3.8, 4) is 0 Å². The Kier molecular flexibility index (Phi) is 3.89. The molecule has 1 heterocycles. The van der Waals surface area contributed by atoms with E-state index in [0.29, 0.717) is 0 Å². The van der Waals surface area contributed by atoms with Crippen molar-refractivity contribution in [2.45, 2.75) is 20.0 Å². The zero-order chi connectivity index (χ0) is 13.0. The lowest BCUT2D eigenvalue weighted by atomic mass is 10.1. The van der Waals surface area contributed by atoms with Gasteiger partial charge in [-0.2, -0.15) is 0 Å². The molecule has 0 unspecified atom stereocenters. The Balaban J connectivity index is 2.14. The first-order valence-electron chi connectivity index (χ1n) is 5.91. The van der Waals surface area contributed by atoms with Crippen LogP contribution in [0.1, 0.15) is 13.8 Å². The SMILES string of the molecule is CC(C)OCC(=O)Nc1cccc2ccncc12. The van der Waals surface area contributed by atoms with Gasteiger partial charge in [0.1, 0.15) is 6.61 Å². The molecule has 2 aromatic rings. The second kappa shape index (κ2) is 5.60. The third-order valence-electron chi connectivity index (χ3n) is 2.51. The van der Waals surface area contributed by atoms with E-state index in [0.717, 1.165) is 16.5 Å². The molecule has 1 aromatic carbocycles. The Morgan fingerprint density at radius 1 is 1.39 bits per heavy atom. The number of carbonyl (C=O) groups is 1. The standard InChI is InChI=1S/C14H16N2O2/c1-10(2)18-9-14(17)16-13-5-3-4-11-6-7-15-8-12(11)13/h3-8,10H,9H2,1-2H3,(H,16,17). The molecular weight excluding hydrogens is 228 g/mol. The van der Waals surface area contributed by atoms with Gasteiger partial charge in [0.2, 0.25) is 5.91 Å². The average Bonchev–Trinajstić information content (AvgIpc) is 2.37. The minimum absolute atomic E-state index is 0.0462. The molecule has 0 fully saturated rings. The monoisotopic (exact) mass is 244 g/mol. The van der Waals surface area contributed by atoms with E-state index >= 15 is 0 Å². The summed E-state index contributed by atoms with van der Waals surface area (Å²) in [7, 11) is 0. The van der Waals surface area contributed by atoms with E-state index in [9.17, 15) is 4.79 Å². The molecule has 18 heavy (non-hydrogen) atoms. The highest BCUT2D eigenvalue weighted by atomic mass is 16.5. The van der Waals surface area contributed by atoms with Gasteiger partial charge < -0.3 is 10.1 Å². The van der Waals surface area contributed by atoms with Crippen LogP contribution >= 0.6 is 0 Å². The van der Waals surface area contributed by atoms with Gasteiger partial charge in [0.25, 0.3) is 0 Å². The number of amides is 1. The Hall–Kier alpha value is -1.94. The molecule has 94 valence electrons. The summed E-state index contributed by atoms with van der Waals surface area (Å²) in [6, 6.07) is 7.66. The van der Waals surface area contributed by atoms with Crippen LogP contribution in [0.2, 0.25) is 0 Å². The van der Waals surface area contributed by atoms with E-state index in [2.05, 4.69) is 10.3 Å². The molecule has 0 atom stereocenters. The number of nitrogens with one attached hydrogen (secondary N) is 1. The van der Waals surface area contributed by atoms with Crippen LogP contribution in [0, 0.1) is 0 Å². The number of ether oxygens (including phenoxy) is 1. The van der Waals surface area contributed by atoms with Crippen LogP contribution in [-0.2, 0) is 9.53 Å². The Morgan fingerprint density at radius 3 is 3.00 bits per heavy atom. The van der Waals surface area contributed by atoms with Gasteiger partial charge in [-0.05, 0) is 31.4 Å². The zero-order valence-corrected chi connectivity index (χ0v) is 10.5. The van der Waals surface area contributed by atoms with Crippen molar-refractivity contribution in [1.29, 1.82) is 0 Å². The minimum Gasteiger partial charge on any atom is -0.369 e. The van der Waals surface area contributed by atoms with Gasteiger partial charge in [0, 0.05) is 17.8 Å². The highest BCUT2D eigenvalue weighted by Gasteiger charge is 2.06. The van der Waals surface area contributed by atoms with Crippen molar-refractivity contribution in [3.63, 3.8) is 0 Å². The van der Waals surface area contributed by atoms with Crippen molar-refractivity contribution >= 4 is 22.4 Å². The zero-order valence-electron chi connectivity index (χ0n) is 10.5. The molecule has 0 aliphatic carbocycles. The van der Waals surface area contributed by atoms with Crippen LogP contribution in [0.15, 0.2) is 36.7 Å². The lowest BCUT2D eigenvalue weighted by Crippen LogP contribution is -2.20. The molecule has 2 rings (SSSR count).